The van der Waals surface area contributed by atoms with Gasteiger partial charge in [0.25, 0.3) is 0 Å². The molecule has 0 aliphatic carbocycles. The molecule has 1 aromatic carbocycles. The molecule has 0 saturated heterocycles. The second-order valence-electron chi connectivity index (χ2n) is 6.64. The maximum atomic E-state index is 13.8. The maximum Gasteiger partial charge on any atom is 0.338 e. The number of hydrogen-bond acceptors (Lipinski definition) is 5. The molecule has 1 N–H and O–H groups in total. The predicted octanol–water partition coefficient (Wildman–Crippen LogP) is 3.76. The lowest BCUT2D eigenvalue weighted by molar-refractivity contribution is -0.143. The number of rotatable bonds is 4. The van der Waals surface area contributed by atoms with E-state index in [1.165, 1.54) is 17.0 Å². The fraction of sp³-hybridized carbons (Fsp3) is 0.316. The van der Waals surface area contributed by atoms with Gasteiger partial charge in [0.1, 0.15) is 5.76 Å². The Morgan fingerprint density at radius 2 is 1.96 bits per heavy atom. The molecule has 2 amide bonds. The lowest BCUT2D eigenvalue weighted by Crippen LogP contribution is -2.48. The number of carbonyl (C=O) groups excluding carboxylic acids is 2. The Morgan fingerprint density at radius 3 is 2.54 bits per heavy atom. The summed E-state index contributed by atoms with van der Waals surface area (Å²) in [4.78, 5) is 26.7. The van der Waals surface area contributed by atoms with Gasteiger partial charge in [-0.1, -0.05) is 11.2 Å². The van der Waals surface area contributed by atoms with Crippen LogP contribution in [0, 0.1) is 18.6 Å². The summed E-state index contributed by atoms with van der Waals surface area (Å²) in [6.07, 6.45) is -0.418. The zero-order valence-electron chi connectivity index (χ0n) is 15.7. The lowest BCUT2D eigenvalue weighted by Gasteiger charge is -2.34. The van der Waals surface area contributed by atoms with Crippen molar-refractivity contribution in [1.29, 1.82) is 0 Å². The number of halogens is 2. The van der Waals surface area contributed by atoms with E-state index >= 15 is 0 Å². The van der Waals surface area contributed by atoms with E-state index in [1.54, 1.807) is 27.7 Å². The smallest absolute Gasteiger partial charge is 0.338 e. The summed E-state index contributed by atoms with van der Waals surface area (Å²) in [6, 6.07) is 3.10. The van der Waals surface area contributed by atoms with Crippen molar-refractivity contribution >= 4 is 17.8 Å². The number of allylic oxidation sites excluding steroid dienone is 1. The summed E-state index contributed by atoms with van der Waals surface area (Å²) in [5.41, 5.74) is 0.538. The van der Waals surface area contributed by atoms with Crippen molar-refractivity contribution in [2.45, 2.75) is 39.8 Å². The van der Waals surface area contributed by atoms with Crippen molar-refractivity contribution in [2.24, 2.45) is 0 Å². The lowest BCUT2D eigenvalue weighted by atomic mass is 9.94. The van der Waals surface area contributed by atoms with Gasteiger partial charge < -0.3 is 14.6 Å². The first-order chi connectivity index (χ1) is 13.2. The molecule has 1 aliphatic heterocycles. The zero-order chi connectivity index (χ0) is 20.6. The molecule has 28 heavy (non-hydrogen) atoms. The number of esters is 1. The van der Waals surface area contributed by atoms with Crippen molar-refractivity contribution in [2.75, 3.05) is 4.90 Å². The Labute approximate surface area is 159 Å². The third-order valence-corrected chi connectivity index (χ3v) is 4.17. The Morgan fingerprint density at radius 1 is 1.25 bits per heavy atom. The molecule has 0 spiro atoms. The summed E-state index contributed by atoms with van der Waals surface area (Å²) < 4.78 is 37.4. The number of amides is 2. The molecule has 1 aliphatic rings. The van der Waals surface area contributed by atoms with Crippen molar-refractivity contribution in [1.82, 2.24) is 10.5 Å². The standard InChI is InChI=1S/C19H19F2N3O4/c1-9(2)27-18(25)16-11(4)24(15-7-10(3)28-23-15)19(26)22-17(16)12-5-6-13(20)14(21)8-12/h5-9,17H,1-4H3,(H,22,26)/t17-/m0/s1. The van der Waals surface area contributed by atoms with Crippen LogP contribution in [-0.2, 0) is 9.53 Å². The Balaban J connectivity index is 2.13. The van der Waals surface area contributed by atoms with Crippen LogP contribution in [0.1, 0.15) is 38.1 Å². The van der Waals surface area contributed by atoms with Crippen LogP contribution in [-0.4, -0.2) is 23.3 Å². The molecule has 0 fully saturated rings. The molecule has 0 saturated carbocycles. The molecule has 0 radical (unpaired) electrons. The van der Waals surface area contributed by atoms with Crippen LogP contribution in [0.2, 0.25) is 0 Å². The number of carbonyl (C=O) groups is 2. The molecule has 9 heteroatoms. The van der Waals surface area contributed by atoms with Gasteiger partial charge >= 0.3 is 12.0 Å². The number of nitrogens with zero attached hydrogens (tertiary/aromatic N) is 2. The minimum Gasteiger partial charge on any atom is -0.459 e. The number of urea groups is 1. The topological polar surface area (TPSA) is 84.7 Å². The van der Waals surface area contributed by atoms with Gasteiger partial charge in [-0.05, 0) is 45.4 Å². The van der Waals surface area contributed by atoms with E-state index in [0.29, 0.717) is 5.76 Å². The predicted molar refractivity (Wildman–Crippen MR) is 95.3 cm³/mol. The maximum absolute atomic E-state index is 13.8. The van der Waals surface area contributed by atoms with Gasteiger partial charge in [-0.2, -0.15) is 0 Å². The number of benzene rings is 1. The van der Waals surface area contributed by atoms with Gasteiger partial charge in [0, 0.05) is 11.8 Å². The number of aromatic nitrogens is 1. The highest BCUT2D eigenvalue weighted by Gasteiger charge is 2.38. The van der Waals surface area contributed by atoms with Crippen LogP contribution in [0.3, 0.4) is 0 Å². The van der Waals surface area contributed by atoms with Crippen LogP contribution in [0.4, 0.5) is 19.4 Å². The van der Waals surface area contributed by atoms with Gasteiger partial charge in [0.05, 0.1) is 17.7 Å². The van der Waals surface area contributed by atoms with Crippen molar-refractivity contribution in [3.05, 3.63) is 58.5 Å². The van der Waals surface area contributed by atoms with Crippen molar-refractivity contribution in [3.8, 4) is 0 Å². The third-order valence-electron chi connectivity index (χ3n) is 4.17. The zero-order valence-corrected chi connectivity index (χ0v) is 15.7. The molecule has 3 rings (SSSR count). The fourth-order valence-corrected chi connectivity index (χ4v) is 2.96. The second kappa shape index (κ2) is 7.41. The molecular formula is C19H19F2N3O4. The minimum absolute atomic E-state index is 0.0833. The molecular weight excluding hydrogens is 372 g/mol. The summed E-state index contributed by atoms with van der Waals surface area (Å²) in [6.45, 7) is 6.57. The number of anilines is 1. The van der Waals surface area contributed by atoms with Gasteiger partial charge in [-0.15, -0.1) is 0 Å². The average molecular weight is 391 g/mol. The number of nitrogens with one attached hydrogen (secondary N) is 1. The van der Waals surface area contributed by atoms with E-state index in [9.17, 15) is 18.4 Å². The first-order valence-electron chi connectivity index (χ1n) is 8.59. The minimum atomic E-state index is -1.09. The molecule has 2 heterocycles. The largest absolute Gasteiger partial charge is 0.459 e. The van der Waals surface area contributed by atoms with Crippen molar-refractivity contribution < 1.29 is 27.6 Å². The molecule has 2 aromatic rings. The molecule has 7 nitrogen and oxygen atoms in total. The van der Waals surface area contributed by atoms with E-state index < -0.39 is 35.8 Å². The summed E-state index contributed by atoms with van der Waals surface area (Å²) in [7, 11) is 0. The van der Waals surface area contributed by atoms with Crippen LogP contribution >= 0.6 is 0 Å². The van der Waals surface area contributed by atoms with E-state index in [2.05, 4.69) is 10.5 Å². The van der Waals surface area contributed by atoms with E-state index in [-0.39, 0.29) is 22.7 Å². The molecule has 148 valence electrons. The summed E-state index contributed by atoms with van der Waals surface area (Å²) in [5.74, 6) is -2.14. The highest BCUT2D eigenvalue weighted by atomic mass is 19.2. The molecule has 0 unspecified atom stereocenters. The van der Waals surface area contributed by atoms with Crippen LogP contribution in [0.5, 0.6) is 0 Å². The average Bonchev–Trinajstić information content (AvgIpc) is 3.02. The Hall–Kier alpha value is -3.23. The van der Waals surface area contributed by atoms with E-state index in [1.807, 2.05) is 0 Å². The molecule has 1 aromatic heterocycles. The monoisotopic (exact) mass is 391 g/mol. The van der Waals surface area contributed by atoms with Gasteiger partial charge in [0.15, 0.2) is 17.5 Å². The van der Waals surface area contributed by atoms with Crippen LogP contribution in [0.25, 0.3) is 0 Å². The quantitative estimate of drug-likeness (QED) is 0.803. The SMILES string of the molecule is CC1=C(C(=O)OC(C)C)[C@H](c2ccc(F)c(F)c2)NC(=O)N1c1cc(C)on1. The molecule has 1 atom stereocenters. The highest BCUT2D eigenvalue weighted by molar-refractivity contribution is 6.02. The van der Waals surface area contributed by atoms with Crippen LogP contribution < -0.4 is 10.2 Å². The van der Waals surface area contributed by atoms with Gasteiger partial charge in [-0.25, -0.2) is 23.3 Å². The number of hydrogen-bond donors (Lipinski definition) is 1. The first-order valence-corrected chi connectivity index (χ1v) is 8.59. The summed E-state index contributed by atoms with van der Waals surface area (Å²) in [5, 5.41) is 6.44. The Bertz CT molecular complexity index is 968. The second-order valence-corrected chi connectivity index (χ2v) is 6.64. The van der Waals surface area contributed by atoms with E-state index in [0.717, 1.165) is 12.1 Å². The third kappa shape index (κ3) is 3.60. The van der Waals surface area contributed by atoms with Crippen LogP contribution in [0.15, 0.2) is 40.1 Å². The fourth-order valence-electron chi connectivity index (χ4n) is 2.96. The number of aryl methyl sites for hydroxylation is 1. The first kappa shape index (κ1) is 19.5. The van der Waals surface area contributed by atoms with E-state index in [4.69, 9.17) is 9.26 Å². The normalized spacial score (nSPS) is 17.2. The van der Waals surface area contributed by atoms with Gasteiger partial charge in [-0.3, -0.25) is 0 Å². The number of ether oxygens (including phenoxy) is 1. The highest BCUT2D eigenvalue weighted by Crippen LogP contribution is 2.34. The Kier molecular flexibility index (Phi) is 5.17. The molecule has 0 bridgehead atoms. The van der Waals surface area contributed by atoms with Crippen molar-refractivity contribution in [3.63, 3.8) is 0 Å². The van der Waals surface area contributed by atoms with Gasteiger partial charge in [0.2, 0.25) is 0 Å². The summed E-state index contributed by atoms with van der Waals surface area (Å²) >= 11 is 0.